The number of allylic oxidation sites excluding steroid dienone is 2. The van der Waals surface area contributed by atoms with E-state index in [1.54, 1.807) is 12.2 Å². The number of carbonyl (C=O) groups is 1. The Labute approximate surface area is 157 Å². The Morgan fingerprint density at radius 1 is 0.840 bits per heavy atom. The van der Waals surface area contributed by atoms with E-state index in [9.17, 15) is 4.79 Å². The van der Waals surface area contributed by atoms with Crippen molar-refractivity contribution in [2.45, 2.75) is 97.8 Å². The van der Waals surface area contributed by atoms with Crippen LogP contribution in [-0.2, 0) is 9.53 Å². The molecule has 150 valence electrons. The maximum Gasteiger partial charge on any atom is 0.305 e. The van der Waals surface area contributed by atoms with Crippen LogP contribution in [0.3, 0.4) is 0 Å². The number of aliphatic hydroxyl groups excluding tert-OH is 1. The molecule has 0 aromatic carbocycles. The molecular weight excluding hydrogens is 312 g/mol. The summed E-state index contributed by atoms with van der Waals surface area (Å²) in [5.41, 5.74) is 0. The normalized spacial score (nSPS) is 9.12. The Bertz CT molecular complexity index is 256. The first-order valence-corrected chi connectivity index (χ1v) is 10.0. The molecule has 0 saturated carbocycles. The van der Waals surface area contributed by atoms with E-state index in [0.29, 0.717) is 6.42 Å². The second kappa shape index (κ2) is 30.8. The first kappa shape index (κ1) is 28.7. The Morgan fingerprint density at radius 2 is 1.20 bits per heavy atom. The largest absolute Gasteiger partial charge is 0.463 e. The summed E-state index contributed by atoms with van der Waals surface area (Å²) >= 11 is 0. The predicted octanol–water partition coefficient (Wildman–Crippen LogP) is 6.61. The van der Waals surface area contributed by atoms with E-state index < -0.39 is 0 Å². The molecule has 0 aliphatic rings. The number of ether oxygens (including phenoxy) is 1. The molecule has 0 radical (unpaired) electrons. The molecule has 0 bridgehead atoms. The van der Waals surface area contributed by atoms with Gasteiger partial charge in [0.05, 0.1) is 6.61 Å². The van der Waals surface area contributed by atoms with Crippen molar-refractivity contribution in [1.29, 1.82) is 0 Å². The van der Waals surface area contributed by atoms with Crippen LogP contribution in [0.25, 0.3) is 0 Å². The zero-order valence-corrected chi connectivity index (χ0v) is 17.2. The third-order valence-electron chi connectivity index (χ3n) is 3.34. The summed E-state index contributed by atoms with van der Waals surface area (Å²) in [6.07, 6.45) is 18.1. The van der Waals surface area contributed by atoms with E-state index >= 15 is 0 Å². The minimum absolute atomic E-state index is 0.0794. The molecule has 0 amide bonds. The topological polar surface area (TPSA) is 46.5 Å². The summed E-state index contributed by atoms with van der Waals surface area (Å²) in [4.78, 5) is 11.1. The molecule has 25 heavy (non-hydrogen) atoms. The lowest BCUT2D eigenvalue weighted by Gasteiger charge is -2.03. The van der Waals surface area contributed by atoms with Crippen LogP contribution in [0, 0.1) is 0 Å². The predicted molar refractivity (Wildman–Crippen MR) is 111 cm³/mol. The second-order valence-corrected chi connectivity index (χ2v) is 6.05. The molecule has 0 aromatic rings. The molecule has 0 fully saturated rings. The number of aliphatic hydroxyl groups is 1. The van der Waals surface area contributed by atoms with Gasteiger partial charge < -0.3 is 9.84 Å². The van der Waals surface area contributed by atoms with E-state index in [-0.39, 0.29) is 19.2 Å². The van der Waals surface area contributed by atoms with Gasteiger partial charge in [-0.15, -0.1) is 13.2 Å². The lowest BCUT2D eigenvalue weighted by atomic mass is 10.1. The van der Waals surface area contributed by atoms with E-state index in [0.717, 1.165) is 12.8 Å². The van der Waals surface area contributed by atoms with Crippen molar-refractivity contribution in [2.24, 2.45) is 0 Å². The molecule has 0 aliphatic carbocycles. The highest BCUT2D eigenvalue weighted by atomic mass is 16.5. The highest BCUT2D eigenvalue weighted by molar-refractivity contribution is 5.69. The summed E-state index contributed by atoms with van der Waals surface area (Å²) in [6, 6.07) is 0. The molecule has 0 aromatic heterocycles. The van der Waals surface area contributed by atoms with Gasteiger partial charge in [0, 0.05) is 6.42 Å². The summed E-state index contributed by atoms with van der Waals surface area (Å²) in [7, 11) is 0. The van der Waals surface area contributed by atoms with Crippen molar-refractivity contribution in [3.05, 3.63) is 25.3 Å². The van der Waals surface area contributed by atoms with E-state index in [1.165, 1.54) is 57.8 Å². The Kier molecular flexibility index (Phi) is 35.3. The SMILES string of the molecule is C=CC.C=CC.CCCCCCCCCCCCCC(=O)OCCO. The molecule has 0 saturated heterocycles. The number of hydrogen-bond donors (Lipinski definition) is 1. The molecule has 3 heteroatoms. The fraction of sp³-hybridized carbons (Fsp3) is 0.773. The standard InChI is InChI=1S/C16H32O3.2C3H6/c1-2-3-4-5-6-7-8-9-10-11-12-13-16(18)19-15-14-17;2*1-3-2/h17H,2-15H2,1H3;2*3H,1H2,2H3. The average Bonchev–Trinajstić information content (AvgIpc) is 2.59. The molecule has 0 atom stereocenters. The minimum atomic E-state index is -0.176. The van der Waals surface area contributed by atoms with Gasteiger partial charge in [-0.25, -0.2) is 0 Å². The fourth-order valence-corrected chi connectivity index (χ4v) is 2.17. The van der Waals surface area contributed by atoms with E-state index in [4.69, 9.17) is 9.84 Å². The van der Waals surface area contributed by atoms with Crippen molar-refractivity contribution in [3.8, 4) is 0 Å². The Hall–Kier alpha value is -1.09. The third-order valence-corrected chi connectivity index (χ3v) is 3.34. The van der Waals surface area contributed by atoms with E-state index in [1.807, 2.05) is 13.8 Å². The van der Waals surface area contributed by atoms with Gasteiger partial charge in [-0.3, -0.25) is 4.79 Å². The van der Waals surface area contributed by atoms with Crippen LogP contribution in [0.1, 0.15) is 97.8 Å². The first-order valence-electron chi connectivity index (χ1n) is 10.0. The molecule has 0 rings (SSSR count). The number of esters is 1. The summed E-state index contributed by atoms with van der Waals surface area (Å²) in [6.45, 7) is 12.8. The number of unbranched alkanes of at least 4 members (excludes halogenated alkanes) is 10. The zero-order chi connectivity index (χ0) is 19.6. The van der Waals surface area contributed by atoms with Gasteiger partial charge in [-0.1, -0.05) is 83.3 Å². The van der Waals surface area contributed by atoms with Crippen molar-refractivity contribution in [3.63, 3.8) is 0 Å². The molecule has 1 N–H and O–H groups in total. The van der Waals surface area contributed by atoms with Gasteiger partial charge in [0.2, 0.25) is 0 Å². The second-order valence-electron chi connectivity index (χ2n) is 6.05. The third kappa shape index (κ3) is 39.6. The van der Waals surface area contributed by atoms with Gasteiger partial charge in [-0.05, 0) is 20.3 Å². The van der Waals surface area contributed by atoms with Gasteiger partial charge >= 0.3 is 5.97 Å². The van der Waals surface area contributed by atoms with Gasteiger partial charge in [0.1, 0.15) is 6.61 Å². The molecule has 0 unspecified atom stereocenters. The van der Waals surface area contributed by atoms with Gasteiger partial charge in [0.25, 0.3) is 0 Å². The highest BCUT2D eigenvalue weighted by Gasteiger charge is 2.01. The van der Waals surface area contributed by atoms with Crippen molar-refractivity contribution < 1.29 is 14.6 Å². The fourth-order valence-electron chi connectivity index (χ4n) is 2.17. The number of carbonyl (C=O) groups excluding carboxylic acids is 1. The lowest BCUT2D eigenvalue weighted by Crippen LogP contribution is -2.07. The van der Waals surface area contributed by atoms with Gasteiger partial charge in [-0.2, -0.15) is 0 Å². The van der Waals surface area contributed by atoms with Crippen LogP contribution in [-0.4, -0.2) is 24.3 Å². The van der Waals surface area contributed by atoms with Crippen LogP contribution >= 0.6 is 0 Å². The summed E-state index contributed by atoms with van der Waals surface area (Å²) < 4.78 is 4.79. The smallest absolute Gasteiger partial charge is 0.305 e. The lowest BCUT2D eigenvalue weighted by molar-refractivity contribution is -0.144. The number of hydrogen-bond acceptors (Lipinski definition) is 3. The van der Waals surface area contributed by atoms with Gasteiger partial charge in [0.15, 0.2) is 0 Å². The van der Waals surface area contributed by atoms with Crippen LogP contribution < -0.4 is 0 Å². The monoisotopic (exact) mass is 356 g/mol. The molecule has 0 spiro atoms. The maximum atomic E-state index is 11.1. The number of rotatable bonds is 14. The molecule has 3 nitrogen and oxygen atoms in total. The average molecular weight is 357 g/mol. The Morgan fingerprint density at radius 3 is 1.56 bits per heavy atom. The van der Waals surface area contributed by atoms with Crippen LogP contribution in [0.2, 0.25) is 0 Å². The van der Waals surface area contributed by atoms with E-state index in [2.05, 4.69) is 20.1 Å². The molecular formula is C22H44O3. The van der Waals surface area contributed by atoms with Crippen molar-refractivity contribution >= 4 is 5.97 Å². The van der Waals surface area contributed by atoms with Crippen LogP contribution in [0.4, 0.5) is 0 Å². The maximum absolute atomic E-state index is 11.1. The summed E-state index contributed by atoms with van der Waals surface area (Å²) in [5, 5.41) is 8.50. The zero-order valence-electron chi connectivity index (χ0n) is 17.2. The highest BCUT2D eigenvalue weighted by Crippen LogP contribution is 2.12. The van der Waals surface area contributed by atoms with Crippen LogP contribution in [0.15, 0.2) is 25.3 Å². The van der Waals surface area contributed by atoms with Crippen molar-refractivity contribution in [2.75, 3.05) is 13.2 Å². The first-order chi connectivity index (χ1) is 12.1. The summed E-state index contributed by atoms with van der Waals surface area (Å²) in [5.74, 6) is -0.176. The molecule has 0 aliphatic heterocycles. The Balaban J connectivity index is -0.000000700. The van der Waals surface area contributed by atoms with Crippen LogP contribution in [0.5, 0.6) is 0 Å². The quantitative estimate of drug-likeness (QED) is 0.216. The van der Waals surface area contributed by atoms with Crippen molar-refractivity contribution in [1.82, 2.24) is 0 Å². The molecule has 0 heterocycles. The minimum Gasteiger partial charge on any atom is -0.463 e.